The normalized spacial score (nSPS) is 31.2. The second-order valence-electron chi connectivity index (χ2n) is 12.3. The molecule has 2 heteroatoms. The molecule has 0 saturated heterocycles. The van der Waals surface area contributed by atoms with E-state index in [0.29, 0.717) is 23.0 Å². The fraction of sp³-hybridized carbons (Fsp3) is 0.706. The fourth-order valence-corrected chi connectivity index (χ4v) is 7.39. The van der Waals surface area contributed by atoms with E-state index in [4.69, 9.17) is 0 Å². The molecule has 4 rings (SSSR count). The minimum absolute atomic E-state index is 0.164. The van der Waals surface area contributed by atoms with Crippen LogP contribution in [0.3, 0.4) is 0 Å². The minimum Gasteiger partial charge on any atom is -0.203 e. The quantitative estimate of drug-likeness (QED) is 0.223. The van der Waals surface area contributed by atoms with E-state index < -0.39 is 11.6 Å². The Morgan fingerprint density at radius 3 is 2.19 bits per heavy atom. The van der Waals surface area contributed by atoms with Crippen LogP contribution >= 0.6 is 0 Å². The van der Waals surface area contributed by atoms with Crippen LogP contribution in [0.5, 0.6) is 0 Å². The van der Waals surface area contributed by atoms with Gasteiger partial charge in [0.25, 0.3) is 0 Å². The van der Waals surface area contributed by atoms with Gasteiger partial charge in [-0.25, -0.2) is 8.78 Å². The zero-order valence-corrected chi connectivity index (χ0v) is 23.0. The van der Waals surface area contributed by atoms with E-state index in [2.05, 4.69) is 32.1 Å². The molecule has 2 saturated carbocycles. The Hall–Kier alpha value is -1.44. The van der Waals surface area contributed by atoms with Gasteiger partial charge in [-0.05, 0) is 112 Å². The Balaban J connectivity index is 1.27. The molecule has 0 spiro atoms. The first-order valence-electron chi connectivity index (χ1n) is 15.4. The summed E-state index contributed by atoms with van der Waals surface area (Å²) in [6.45, 7) is 4.53. The molecule has 200 valence electrons. The van der Waals surface area contributed by atoms with Crippen molar-refractivity contribution in [2.45, 2.75) is 122 Å². The lowest BCUT2D eigenvalue weighted by molar-refractivity contribution is 0.236. The van der Waals surface area contributed by atoms with E-state index in [1.54, 1.807) is 0 Å². The van der Waals surface area contributed by atoms with Crippen LogP contribution in [0.15, 0.2) is 30.4 Å². The smallest absolute Gasteiger partial charge is 0.166 e. The summed E-state index contributed by atoms with van der Waals surface area (Å²) in [7, 11) is 0. The van der Waals surface area contributed by atoms with Gasteiger partial charge in [-0.3, -0.25) is 0 Å². The van der Waals surface area contributed by atoms with Gasteiger partial charge in [-0.2, -0.15) is 0 Å². The predicted molar refractivity (Wildman–Crippen MR) is 150 cm³/mol. The largest absolute Gasteiger partial charge is 0.203 e. The van der Waals surface area contributed by atoms with Crippen molar-refractivity contribution >= 4 is 6.08 Å². The van der Waals surface area contributed by atoms with Gasteiger partial charge < -0.3 is 0 Å². The molecule has 3 aliphatic rings. The summed E-state index contributed by atoms with van der Waals surface area (Å²) in [5.41, 5.74) is 1.03. The molecule has 0 N–H and O–H groups in total. The van der Waals surface area contributed by atoms with Crippen LogP contribution in [-0.4, -0.2) is 0 Å². The number of allylic oxidation sites excluding steroid dienone is 3. The lowest BCUT2D eigenvalue weighted by Crippen LogP contribution is -2.23. The Kier molecular flexibility index (Phi) is 10.7. The Labute approximate surface area is 220 Å². The molecule has 2 fully saturated rings. The molecule has 1 aromatic carbocycles. The first kappa shape index (κ1) is 27.6. The topological polar surface area (TPSA) is 0 Å². The molecular weight excluding hydrogens is 446 g/mol. The van der Waals surface area contributed by atoms with Crippen LogP contribution in [0.4, 0.5) is 8.78 Å². The number of rotatable bonds is 10. The molecule has 2 atom stereocenters. The number of halogens is 2. The molecule has 2 unspecified atom stereocenters. The van der Waals surface area contributed by atoms with Crippen molar-refractivity contribution in [1.82, 2.24) is 0 Å². The number of benzene rings is 1. The van der Waals surface area contributed by atoms with Gasteiger partial charge in [0.2, 0.25) is 0 Å². The van der Waals surface area contributed by atoms with Crippen LogP contribution in [0.25, 0.3) is 6.08 Å². The zero-order valence-electron chi connectivity index (χ0n) is 23.0. The second-order valence-corrected chi connectivity index (χ2v) is 12.3. The van der Waals surface area contributed by atoms with E-state index >= 15 is 8.78 Å². The number of unbranched alkanes of at least 4 members (excludes halogenated alkanes) is 2. The Morgan fingerprint density at radius 2 is 1.53 bits per heavy atom. The first-order chi connectivity index (χ1) is 17.6. The van der Waals surface area contributed by atoms with Crippen LogP contribution < -0.4 is 0 Å². The third-order valence-corrected chi connectivity index (χ3v) is 9.78. The van der Waals surface area contributed by atoms with E-state index in [9.17, 15) is 0 Å². The average molecular weight is 497 g/mol. The third kappa shape index (κ3) is 7.32. The van der Waals surface area contributed by atoms with Gasteiger partial charge in [0.1, 0.15) is 0 Å². The van der Waals surface area contributed by atoms with Crippen LogP contribution in [0, 0.1) is 41.2 Å². The summed E-state index contributed by atoms with van der Waals surface area (Å²) in [5.74, 6) is 2.49. The lowest BCUT2D eigenvalue weighted by Gasteiger charge is -2.35. The van der Waals surface area contributed by atoms with E-state index in [0.717, 1.165) is 43.4 Å². The molecule has 0 heterocycles. The molecule has 0 aromatic heterocycles. The standard InChI is InChI=1S/C34H50F2/c1-3-5-6-8-26-13-16-28(17-14-26)29-19-21-30(22-20-29)32-24-23-31(33(35)34(32)36)18-15-27-11-9-25(7-4-2)10-12-27/h13,15-16,18,23-30H,3-12,14,17,19-22H2,1-2H3/b18-15+. The monoisotopic (exact) mass is 496 g/mol. The summed E-state index contributed by atoms with van der Waals surface area (Å²) in [6.07, 6.45) is 28.7. The molecule has 0 amide bonds. The molecule has 0 nitrogen and oxygen atoms in total. The van der Waals surface area contributed by atoms with Gasteiger partial charge in [-0.15, -0.1) is 0 Å². The summed E-state index contributed by atoms with van der Waals surface area (Å²) < 4.78 is 30.2. The van der Waals surface area contributed by atoms with Crippen LogP contribution in [-0.2, 0) is 0 Å². The highest BCUT2D eigenvalue weighted by molar-refractivity contribution is 5.52. The fourth-order valence-electron chi connectivity index (χ4n) is 7.39. The van der Waals surface area contributed by atoms with Crippen molar-refractivity contribution in [3.05, 3.63) is 53.1 Å². The van der Waals surface area contributed by atoms with Crippen LogP contribution in [0.2, 0.25) is 0 Å². The number of hydrogen-bond donors (Lipinski definition) is 0. The first-order valence-corrected chi connectivity index (χ1v) is 15.4. The average Bonchev–Trinajstić information content (AvgIpc) is 2.91. The zero-order chi connectivity index (χ0) is 25.3. The highest BCUT2D eigenvalue weighted by Crippen LogP contribution is 2.43. The molecular formula is C34H50F2. The van der Waals surface area contributed by atoms with Crippen LogP contribution in [0.1, 0.15) is 134 Å². The van der Waals surface area contributed by atoms with Crippen molar-refractivity contribution in [2.24, 2.45) is 29.6 Å². The van der Waals surface area contributed by atoms with Gasteiger partial charge in [0, 0.05) is 5.56 Å². The van der Waals surface area contributed by atoms with Crippen molar-refractivity contribution < 1.29 is 8.78 Å². The van der Waals surface area contributed by atoms with Crippen molar-refractivity contribution in [1.29, 1.82) is 0 Å². The molecule has 1 aromatic rings. The molecule has 36 heavy (non-hydrogen) atoms. The molecule has 0 bridgehead atoms. The summed E-state index contributed by atoms with van der Waals surface area (Å²) in [6, 6.07) is 3.70. The highest BCUT2D eigenvalue weighted by atomic mass is 19.2. The van der Waals surface area contributed by atoms with E-state index in [-0.39, 0.29) is 5.92 Å². The minimum atomic E-state index is -0.644. The highest BCUT2D eigenvalue weighted by Gasteiger charge is 2.30. The summed E-state index contributed by atoms with van der Waals surface area (Å²) in [4.78, 5) is 0. The van der Waals surface area contributed by atoms with Gasteiger partial charge in [0.05, 0.1) is 0 Å². The lowest BCUT2D eigenvalue weighted by atomic mass is 9.70. The van der Waals surface area contributed by atoms with Gasteiger partial charge >= 0.3 is 0 Å². The van der Waals surface area contributed by atoms with Gasteiger partial charge in [-0.1, -0.05) is 82.4 Å². The number of hydrogen-bond acceptors (Lipinski definition) is 0. The third-order valence-electron chi connectivity index (χ3n) is 9.78. The molecule has 3 aliphatic carbocycles. The molecule has 0 radical (unpaired) electrons. The molecule has 0 aliphatic heterocycles. The predicted octanol–water partition coefficient (Wildman–Crippen LogP) is 11.0. The summed E-state index contributed by atoms with van der Waals surface area (Å²) >= 11 is 0. The van der Waals surface area contributed by atoms with Crippen molar-refractivity contribution in [3.8, 4) is 0 Å². The van der Waals surface area contributed by atoms with E-state index in [1.165, 1.54) is 77.0 Å². The maximum Gasteiger partial charge on any atom is 0.166 e. The Morgan fingerprint density at radius 1 is 0.750 bits per heavy atom. The Bertz CT molecular complexity index is 852. The van der Waals surface area contributed by atoms with Crippen molar-refractivity contribution in [2.75, 3.05) is 0 Å². The van der Waals surface area contributed by atoms with Gasteiger partial charge in [0.15, 0.2) is 11.6 Å². The summed E-state index contributed by atoms with van der Waals surface area (Å²) in [5, 5.41) is 0. The van der Waals surface area contributed by atoms with E-state index in [1.807, 2.05) is 18.2 Å². The maximum atomic E-state index is 15.2. The van der Waals surface area contributed by atoms with Crippen molar-refractivity contribution in [3.63, 3.8) is 0 Å². The maximum absolute atomic E-state index is 15.2. The SMILES string of the molecule is CCCCCC1C=CC(C2CCC(c3ccc(/C=C/C4CCC(CCC)CC4)c(F)c3F)CC2)CC1. The second kappa shape index (κ2) is 13.9.